The third kappa shape index (κ3) is 5.89. The Morgan fingerprint density at radius 1 is 1.47 bits per heavy atom. The van der Waals surface area contributed by atoms with Gasteiger partial charge in [-0.2, -0.15) is 11.3 Å². The van der Waals surface area contributed by atoms with Gasteiger partial charge in [0.2, 0.25) is 0 Å². The minimum Gasteiger partial charge on any atom is -0.382 e. The fraction of sp³-hybridized carbons (Fsp3) is 0.636. The normalized spacial score (nSPS) is 12.9. The van der Waals surface area contributed by atoms with E-state index < -0.39 is 0 Å². The van der Waals surface area contributed by atoms with E-state index in [1.54, 1.807) is 18.4 Å². The van der Waals surface area contributed by atoms with Gasteiger partial charge in [0, 0.05) is 19.7 Å². The lowest BCUT2D eigenvalue weighted by atomic mass is 10.3. The minimum atomic E-state index is 0.377. The molecule has 0 spiro atoms. The molecule has 4 heteroatoms. The second-order valence-corrected chi connectivity index (χ2v) is 4.26. The van der Waals surface area contributed by atoms with Crippen LogP contribution in [0.5, 0.6) is 0 Å². The fourth-order valence-electron chi connectivity index (χ4n) is 1.15. The highest BCUT2D eigenvalue weighted by Gasteiger charge is 2.01. The summed E-state index contributed by atoms with van der Waals surface area (Å²) in [4.78, 5) is 0. The summed E-state index contributed by atoms with van der Waals surface area (Å²) in [5.74, 6) is 0. The predicted molar refractivity (Wildman–Crippen MR) is 63.3 cm³/mol. The predicted octanol–water partition coefficient (Wildman–Crippen LogP) is 1.89. The second-order valence-electron chi connectivity index (χ2n) is 3.48. The molecule has 0 saturated heterocycles. The van der Waals surface area contributed by atoms with Crippen LogP contribution in [-0.2, 0) is 16.0 Å². The molecule has 1 heterocycles. The summed E-state index contributed by atoms with van der Waals surface area (Å²) in [5.41, 5.74) is 1.34. The van der Waals surface area contributed by atoms with Gasteiger partial charge in [-0.1, -0.05) is 0 Å². The first-order valence-corrected chi connectivity index (χ1v) is 6.08. The molecule has 1 rings (SSSR count). The van der Waals surface area contributed by atoms with Crippen LogP contribution in [0.3, 0.4) is 0 Å². The maximum Gasteiger partial charge on any atom is 0.0701 e. The summed E-state index contributed by atoms with van der Waals surface area (Å²) >= 11 is 1.73. The largest absolute Gasteiger partial charge is 0.382 e. The van der Waals surface area contributed by atoms with Crippen LogP contribution in [0, 0.1) is 0 Å². The third-order valence-corrected chi connectivity index (χ3v) is 2.77. The molecule has 0 saturated carbocycles. The standard InChI is InChI=1S/C11H19NO2S/c1-10(8-14-5-4-13-2)12-7-11-3-6-15-9-11/h3,6,9-10,12H,4-5,7-8H2,1-2H3. The van der Waals surface area contributed by atoms with E-state index >= 15 is 0 Å². The maximum absolute atomic E-state index is 5.42. The molecule has 0 bridgehead atoms. The SMILES string of the molecule is COCCOCC(C)NCc1ccsc1. The molecular weight excluding hydrogens is 210 g/mol. The van der Waals surface area contributed by atoms with Crippen LogP contribution in [0.2, 0.25) is 0 Å². The van der Waals surface area contributed by atoms with Crippen LogP contribution in [-0.4, -0.2) is 33.0 Å². The van der Waals surface area contributed by atoms with Crippen LogP contribution in [0.15, 0.2) is 16.8 Å². The van der Waals surface area contributed by atoms with Gasteiger partial charge < -0.3 is 14.8 Å². The molecule has 0 radical (unpaired) electrons. The zero-order chi connectivity index (χ0) is 10.9. The number of thiophene rings is 1. The van der Waals surface area contributed by atoms with Gasteiger partial charge >= 0.3 is 0 Å². The van der Waals surface area contributed by atoms with Gasteiger partial charge in [-0.05, 0) is 29.3 Å². The molecule has 0 amide bonds. The monoisotopic (exact) mass is 229 g/mol. The van der Waals surface area contributed by atoms with Crippen molar-refractivity contribution in [3.8, 4) is 0 Å². The van der Waals surface area contributed by atoms with Crippen LogP contribution in [0.25, 0.3) is 0 Å². The summed E-state index contributed by atoms with van der Waals surface area (Å²) < 4.78 is 10.3. The van der Waals surface area contributed by atoms with E-state index in [-0.39, 0.29) is 0 Å². The average molecular weight is 229 g/mol. The summed E-state index contributed by atoms with van der Waals surface area (Å²) in [5, 5.41) is 7.66. The smallest absolute Gasteiger partial charge is 0.0701 e. The zero-order valence-electron chi connectivity index (χ0n) is 9.36. The third-order valence-electron chi connectivity index (χ3n) is 2.03. The molecule has 0 aromatic carbocycles. The molecule has 0 aliphatic rings. The van der Waals surface area contributed by atoms with Crippen molar-refractivity contribution in [2.45, 2.75) is 19.5 Å². The Morgan fingerprint density at radius 3 is 3.00 bits per heavy atom. The number of hydrogen-bond acceptors (Lipinski definition) is 4. The zero-order valence-corrected chi connectivity index (χ0v) is 10.2. The second kappa shape index (κ2) is 7.82. The highest BCUT2D eigenvalue weighted by atomic mass is 32.1. The Labute approximate surface area is 95.4 Å². The van der Waals surface area contributed by atoms with Crippen LogP contribution >= 0.6 is 11.3 Å². The van der Waals surface area contributed by atoms with Gasteiger partial charge in [-0.3, -0.25) is 0 Å². The van der Waals surface area contributed by atoms with Crippen molar-refractivity contribution in [3.05, 3.63) is 22.4 Å². The van der Waals surface area contributed by atoms with E-state index in [1.165, 1.54) is 5.56 Å². The summed E-state index contributed by atoms with van der Waals surface area (Å²) in [6.07, 6.45) is 0. The number of hydrogen-bond donors (Lipinski definition) is 1. The Kier molecular flexibility index (Phi) is 6.59. The minimum absolute atomic E-state index is 0.377. The van der Waals surface area contributed by atoms with Crippen molar-refractivity contribution in [2.24, 2.45) is 0 Å². The number of rotatable bonds is 8. The molecule has 86 valence electrons. The Balaban J connectivity index is 2.01. The quantitative estimate of drug-likeness (QED) is 0.691. The lowest BCUT2D eigenvalue weighted by Crippen LogP contribution is -2.30. The summed E-state index contributed by atoms with van der Waals surface area (Å²) in [7, 11) is 1.68. The highest BCUT2D eigenvalue weighted by molar-refractivity contribution is 7.07. The molecule has 1 unspecified atom stereocenters. The Morgan fingerprint density at radius 2 is 2.33 bits per heavy atom. The van der Waals surface area contributed by atoms with E-state index in [0.29, 0.717) is 19.3 Å². The Bertz CT molecular complexity index is 239. The first kappa shape index (κ1) is 12.6. The molecule has 0 fully saturated rings. The molecule has 0 aliphatic heterocycles. The van der Waals surface area contributed by atoms with Gasteiger partial charge in [0.15, 0.2) is 0 Å². The van der Waals surface area contributed by atoms with E-state index in [1.807, 2.05) is 0 Å². The van der Waals surface area contributed by atoms with Gasteiger partial charge in [-0.25, -0.2) is 0 Å². The first-order chi connectivity index (χ1) is 7.33. The Hall–Kier alpha value is -0.420. The topological polar surface area (TPSA) is 30.5 Å². The average Bonchev–Trinajstić information content (AvgIpc) is 2.74. The lowest BCUT2D eigenvalue weighted by molar-refractivity contribution is 0.0608. The van der Waals surface area contributed by atoms with Crippen LogP contribution in [0.4, 0.5) is 0 Å². The van der Waals surface area contributed by atoms with Crippen molar-refractivity contribution in [1.29, 1.82) is 0 Å². The molecule has 1 aromatic heterocycles. The van der Waals surface area contributed by atoms with Crippen molar-refractivity contribution in [2.75, 3.05) is 26.9 Å². The molecule has 0 aliphatic carbocycles. The number of methoxy groups -OCH3 is 1. The molecule has 1 N–H and O–H groups in total. The molecule has 15 heavy (non-hydrogen) atoms. The highest BCUT2D eigenvalue weighted by Crippen LogP contribution is 2.05. The van der Waals surface area contributed by atoms with Gasteiger partial charge in [0.1, 0.15) is 0 Å². The van der Waals surface area contributed by atoms with E-state index in [4.69, 9.17) is 9.47 Å². The number of ether oxygens (including phenoxy) is 2. The van der Waals surface area contributed by atoms with E-state index in [2.05, 4.69) is 29.1 Å². The van der Waals surface area contributed by atoms with Gasteiger partial charge in [0.05, 0.1) is 19.8 Å². The first-order valence-electron chi connectivity index (χ1n) is 5.14. The van der Waals surface area contributed by atoms with Crippen LogP contribution < -0.4 is 5.32 Å². The van der Waals surface area contributed by atoms with Gasteiger partial charge in [0.25, 0.3) is 0 Å². The maximum atomic E-state index is 5.42. The number of nitrogens with one attached hydrogen (secondary N) is 1. The molecule has 3 nitrogen and oxygen atoms in total. The van der Waals surface area contributed by atoms with Gasteiger partial charge in [-0.15, -0.1) is 0 Å². The van der Waals surface area contributed by atoms with Crippen LogP contribution in [0.1, 0.15) is 12.5 Å². The fourth-order valence-corrected chi connectivity index (χ4v) is 1.82. The lowest BCUT2D eigenvalue weighted by Gasteiger charge is -2.13. The van der Waals surface area contributed by atoms with Crippen molar-refractivity contribution in [1.82, 2.24) is 5.32 Å². The van der Waals surface area contributed by atoms with Crippen molar-refractivity contribution < 1.29 is 9.47 Å². The molecule has 1 aromatic rings. The molecule has 1 atom stereocenters. The summed E-state index contributed by atoms with van der Waals surface area (Å²) in [6.45, 7) is 5.10. The van der Waals surface area contributed by atoms with E-state index in [9.17, 15) is 0 Å². The molecular formula is C11H19NO2S. The van der Waals surface area contributed by atoms with E-state index in [0.717, 1.165) is 13.2 Å². The van der Waals surface area contributed by atoms with Crippen molar-refractivity contribution in [3.63, 3.8) is 0 Å². The summed E-state index contributed by atoms with van der Waals surface area (Å²) in [6, 6.07) is 2.51. The van der Waals surface area contributed by atoms with Crippen molar-refractivity contribution >= 4 is 11.3 Å².